The van der Waals surface area contributed by atoms with E-state index in [1.54, 1.807) is 6.92 Å². The van der Waals surface area contributed by atoms with E-state index in [-0.39, 0.29) is 10.9 Å². The molecule has 5 heteroatoms. The first-order chi connectivity index (χ1) is 11.5. The van der Waals surface area contributed by atoms with Gasteiger partial charge in [-0.05, 0) is 74.1 Å². The largest absolute Gasteiger partial charge is 0.481 e. The standard InChI is InChI=1S/C19H19ClFNO2/c1-12(19(23)22-15-7-9-18(21)17(20)11-15)24-16-8-6-13-4-2-3-5-14(13)10-16/h6-12H,2-5H2,1H3,(H,22,23)/t12-/m0/s1. The molecule has 3 nitrogen and oxygen atoms in total. The fourth-order valence-electron chi connectivity index (χ4n) is 2.86. The fraction of sp³-hybridized carbons (Fsp3) is 0.316. The van der Waals surface area contributed by atoms with Crippen molar-refractivity contribution in [3.8, 4) is 5.75 Å². The summed E-state index contributed by atoms with van der Waals surface area (Å²) in [5.74, 6) is -0.140. The van der Waals surface area contributed by atoms with Gasteiger partial charge < -0.3 is 10.1 Å². The third kappa shape index (κ3) is 3.88. The number of nitrogens with one attached hydrogen (secondary N) is 1. The van der Waals surface area contributed by atoms with Crippen molar-refractivity contribution in [2.24, 2.45) is 0 Å². The van der Waals surface area contributed by atoms with E-state index in [0.29, 0.717) is 11.4 Å². The molecule has 0 radical (unpaired) electrons. The lowest BCUT2D eigenvalue weighted by atomic mass is 9.92. The second-order valence-corrected chi connectivity index (χ2v) is 6.42. The lowest BCUT2D eigenvalue weighted by Crippen LogP contribution is -2.30. The normalized spacial score (nSPS) is 14.6. The number of hydrogen-bond donors (Lipinski definition) is 1. The van der Waals surface area contributed by atoms with Gasteiger partial charge in [0.1, 0.15) is 11.6 Å². The molecule has 24 heavy (non-hydrogen) atoms. The predicted molar refractivity (Wildman–Crippen MR) is 93.2 cm³/mol. The van der Waals surface area contributed by atoms with Crippen molar-refractivity contribution in [3.63, 3.8) is 0 Å². The molecule has 0 aliphatic heterocycles. The highest BCUT2D eigenvalue weighted by molar-refractivity contribution is 6.31. The van der Waals surface area contributed by atoms with Crippen molar-refractivity contribution >= 4 is 23.2 Å². The van der Waals surface area contributed by atoms with Gasteiger partial charge in [-0.1, -0.05) is 17.7 Å². The minimum atomic E-state index is -0.671. The Morgan fingerprint density at radius 1 is 1.17 bits per heavy atom. The van der Waals surface area contributed by atoms with Crippen LogP contribution in [-0.4, -0.2) is 12.0 Å². The van der Waals surface area contributed by atoms with Crippen LogP contribution in [0.15, 0.2) is 36.4 Å². The van der Waals surface area contributed by atoms with Gasteiger partial charge in [-0.2, -0.15) is 0 Å². The number of rotatable bonds is 4. The second-order valence-electron chi connectivity index (χ2n) is 6.02. The molecule has 1 atom stereocenters. The number of hydrogen-bond acceptors (Lipinski definition) is 2. The smallest absolute Gasteiger partial charge is 0.265 e. The summed E-state index contributed by atoms with van der Waals surface area (Å²) in [5.41, 5.74) is 3.11. The van der Waals surface area contributed by atoms with E-state index in [0.717, 1.165) is 12.8 Å². The van der Waals surface area contributed by atoms with Gasteiger partial charge in [0.2, 0.25) is 0 Å². The molecule has 0 unspecified atom stereocenters. The Morgan fingerprint density at radius 3 is 2.67 bits per heavy atom. The molecule has 1 aliphatic rings. The highest BCUT2D eigenvalue weighted by Crippen LogP contribution is 2.26. The first kappa shape index (κ1) is 16.8. The van der Waals surface area contributed by atoms with Crippen LogP contribution in [0.1, 0.15) is 30.9 Å². The highest BCUT2D eigenvalue weighted by atomic mass is 35.5. The summed E-state index contributed by atoms with van der Waals surface area (Å²) in [5, 5.41) is 2.65. The third-order valence-corrected chi connectivity index (χ3v) is 4.48. The number of ether oxygens (including phenoxy) is 1. The van der Waals surface area contributed by atoms with Gasteiger partial charge in [0.15, 0.2) is 6.10 Å². The molecular weight excluding hydrogens is 329 g/mol. The number of amides is 1. The zero-order valence-corrected chi connectivity index (χ0v) is 14.2. The van der Waals surface area contributed by atoms with Crippen LogP contribution in [0.5, 0.6) is 5.75 Å². The Bertz CT molecular complexity index is 763. The Kier molecular flexibility index (Phi) is 5.05. The van der Waals surface area contributed by atoms with Crippen LogP contribution in [0.4, 0.5) is 10.1 Å². The van der Waals surface area contributed by atoms with E-state index >= 15 is 0 Å². The monoisotopic (exact) mass is 347 g/mol. The molecule has 0 bridgehead atoms. The molecule has 0 saturated carbocycles. The molecule has 0 fully saturated rings. The SMILES string of the molecule is C[C@H](Oc1ccc2c(c1)CCCC2)C(=O)Nc1ccc(F)c(Cl)c1. The molecule has 0 aromatic heterocycles. The zero-order chi connectivity index (χ0) is 17.1. The van der Waals surface area contributed by atoms with Crippen LogP contribution >= 0.6 is 11.6 Å². The van der Waals surface area contributed by atoms with E-state index in [4.69, 9.17) is 16.3 Å². The van der Waals surface area contributed by atoms with Crippen molar-refractivity contribution in [2.45, 2.75) is 38.7 Å². The predicted octanol–water partition coefficient (Wildman–Crippen LogP) is 4.76. The number of fused-ring (bicyclic) bond motifs is 1. The average molecular weight is 348 g/mol. The minimum Gasteiger partial charge on any atom is -0.481 e. The number of benzene rings is 2. The molecule has 2 aromatic rings. The van der Waals surface area contributed by atoms with E-state index in [2.05, 4.69) is 11.4 Å². The van der Waals surface area contributed by atoms with Crippen molar-refractivity contribution in [3.05, 3.63) is 58.4 Å². The molecule has 2 aromatic carbocycles. The van der Waals surface area contributed by atoms with Gasteiger partial charge in [-0.15, -0.1) is 0 Å². The van der Waals surface area contributed by atoms with Gasteiger partial charge in [0.05, 0.1) is 5.02 Å². The fourth-order valence-corrected chi connectivity index (χ4v) is 3.04. The zero-order valence-electron chi connectivity index (χ0n) is 13.4. The molecule has 1 N–H and O–H groups in total. The van der Waals surface area contributed by atoms with Gasteiger partial charge in [0, 0.05) is 5.69 Å². The molecule has 126 valence electrons. The Hall–Kier alpha value is -2.07. The maximum Gasteiger partial charge on any atom is 0.265 e. The Morgan fingerprint density at radius 2 is 1.92 bits per heavy atom. The maximum absolute atomic E-state index is 13.2. The number of carbonyl (C=O) groups is 1. The van der Waals surface area contributed by atoms with Crippen LogP contribution < -0.4 is 10.1 Å². The second kappa shape index (κ2) is 7.22. The van der Waals surface area contributed by atoms with E-state index in [1.807, 2.05) is 12.1 Å². The van der Waals surface area contributed by atoms with Gasteiger partial charge in [0.25, 0.3) is 5.91 Å². The van der Waals surface area contributed by atoms with Crippen LogP contribution in [0.25, 0.3) is 0 Å². The molecule has 1 amide bonds. The Labute approximate surface area is 145 Å². The van der Waals surface area contributed by atoms with Gasteiger partial charge >= 0.3 is 0 Å². The van der Waals surface area contributed by atoms with Gasteiger partial charge in [-0.3, -0.25) is 4.79 Å². The highest BCUT2D eigenvalue weighted by Gasteiger charge is 2.17. The minimum absolute atomic E-state index is 0.0314. The van der Waals surface area contributed by atoms with Crippen LogP contribution in [0.2, 0.25) is 5.02 Å². The first-order valence-electron chi connectivity index (χ1n) is 8.07. The molecule has 0 saturated heterocycles. The van der Waals surface area contributed by atoms with Crippen molar-refractivity contribution in [1.29, 1.82) is 0 Å². The first-order valence-corrected chi connectivity index (χ1v) is 8.45. The number of halogens is 2. The lowest BCUT2D eigenvalue weighted by molar-refractivity contribution is -0.122. The van der Waals surface area contributed by atoms with Crippen LogP contribution in [-0.2, 0) is 17.6 Å². The maximum atomic E-state index is 13.2. The van der Waals surface area contributed by atoms with Crippen LogP contribution in [0, 0.1) is 5.82 Å². The van der Waals surface area contributed by atoms with Crippen LogP contribution in [0.3, 0.4) is 0 Å². The Balaban J connectivity index is 1.64. The summed E-state index contributed by atoms with van der Waals surface area (Å²) < 4.78 is 18.9. The summed E-state index contributed by atoms with van der Waals surface area (Å²) >= 11 is 5.72. The summed E-state index contributed by atoms with van der Waals surface area (Å²) in [7, 11) is 0. The number of carbonyl (C=O) groups excluding carboxylic acids is 1. The van der Waals surface area contributed by atoms with Crippen molar-refractivity contribution in [2.75, 3.05) is 5.32 Å². The molecule has 3 rings (SSSR count). The topological polar surface area (TPSA) is 38.3 Å². The van der Waals surface area contributed by atoms with E-state index in [9.17, 15) is 9.18 Å². The number of aryl methyl sites for hydroxylation is 2. The van der Waals surface area contributed by atoms with Crippen molar-refractivity contribution < 1.29 is 13.9 Å². The summed E-state index contributed by atoms with van der Waals surface area (Å²) in [6.45, 7) is 1.68. The van der Waals surface area contributed by atoms with E-state index in [1.165, 1.54) is 42.2 Å². The summed E-state index contributed by atoms with van der Waals surface area (Å²) in [6, 6.07) is 10.1. The van der Waals surface area contributed by atoms with E-state index < -0.39 is 11.9 Å². The van der Waals surface area contributed by atoms with Crippen molar-refractivity contribution in [1.82, 2.24) is 0 Å². The summed E-state index contributed by atoms with van der Waals surface area (Å²) in [6.07, 6.45) is 3.91. The molecule has 0 heterocycles. The quantitative estimate of drug-likeness (QED) is 0.865. The average Bonchev–Trinajstić information content (AvgIpc) is 2.58. The molecular formula is C19H19ClFNO2. The lowest BCUT2D eigenvalue weighted by Gasteiger charge is -2.19. The number of anilines is 1. The summed E-state index contributed by atoms with van der Waals surface area (Å²) in [4.78, 5) is 12.2. The molecule has 0 spiro atoms. The van der Waals surface area contributed by atoms with Gasteiger partial charge in [-0.25, -0.2) is 4.39 Å². The molecule has 1 aliphatic carbocycles. The third-order valence-electron chi connectivity index (χ3n) is 4.19.